The summed E-state index contributed by atoms with van der Waals surface area (Å²) in [6.07, 6.45) is 0. The van der Waals surface area contributed by atoms with Gasteiger partial charge in [0, 0.05) is 5.56 Å². The van der Waals surface area contributed by atoms with Gasteiger partial charge >= 0.3 is 0 Å². The fourth-order valence-corrected chi connectivity index (χ4v) is 1.61. The first-order valence-electron chi connectivity index (χ1n) is 6.68. The zero-order valence-electron chi connectivity index (χ0n) is 11.5. The average Bonchev–Trinajstić information content (AvgIpc) is 2.57. The molecule has 0 radical (unpaired) electrons. The van der Waals surface area contributed by atoms with E-state index < -0.39 is 0 Å². The molecule has 0 aliphatic heterocycles. The zero-order valence-corrected chi connectivity index (χ0v) is 11.5. The highest BCUT2D eigenvalue weighted by molar-refractivity contribution is 5.42. The molecule has 102 valence electrons. The highest BCUT2D eigenvalue weighted by Crippen LogP contribution is 2.04. The van der Waals surface area contributed by atoms with E-state index in [0.29, 0.717) is 5.56 Å². The summed E-state index contributed by atoms with van der Waals surface area (Å²) in [5.74, 6) is 5.44. The van der Waals surface area contributed by atoms with Crippen LogP contribution in [0, 0.1) is 17.7 Å². The summed E-state index contributed by atoms with van der Waals surface area (Å²) in [7, 11) is 0. The van der Waals surface area contributed by atoms with Crippen molar-refractivity contribution in [2.75, 3.05) is 0 Å². The largest absolute Gasteiger partial charge is 0.206 e. The molecule has 0 amide bonds. The number of hydrogen-bond donors (Lipinski definition) is 0. The van der Waals surface area contributed by atoms with Gasteiger partial charge in [0.2, 0.25) is 0 Å². The average molecular weight is 274 g/mol. The second-order valence-electron chi connectivity index (χ2n) is 4.25. The van der Waals surface area contributed by atoms with Crippen LogP contribution in [0.2, 0.25) is 0 Å². The summed E-state index contributed by atoms with van der Waals surface area (Å²) < 4.78 is 13.2. The van der Waals surface area contributed by atoms with Gasteiger partial charge in [-0.1, -0.05) is 78.6 Å². The summed E-state index contributed by atoms with van der Waals surface area (Å²) in [5, 5.41) is 0. The molecule has 0 N–H and O–H groups in total. The molecule has 0 aliphatic rings. The Morgan fingerprint density at radius 1 is 0.524 bits per heavy atom. The first-order valence-corrected chi connectivity index (χ1v) is 6.68. The van der Waals surface area contributed by atoms with E-state index in [2.05, 4.69) is 11.8 Å². The maximum Gasteiger partial charge on any atom is 0.138 e. The Hall–Kier alpha value is -2.85. The molecule has 0 atom stereocenters. The Morgan fingerprint density at radius 2 is 1.00 bits per heavy atom. The Balaban J connectivity index is 0.000000225. The van der Waals surface area contributed by atoms with Crippen LogP contribution in [-0.2, 0) is 0 Å². The van der Waals surface area contributed by atoms with Gasteiger partial charge in [-0.2, -0.15) is 0 Å². The monoisotopic (exact) mass is 274 g/mol. The fraction of sp³-hybridized carbons (Fsp3) is 0. The quantitative estimate of drug-likeness (QED) is 0.511. The number of rotatable bonds is 0. The molecule has 0 fully saturated rings. The van der Waals surface area contributed by atoms with E-state index in [0.717, 1.165) is 5.56 Å². The van der Waals surface area contributed by atoms with Crippen LogP contribution in [0.3, 0.4) is 0 Å². The van der Waals surface area contributed by atoms with E-state index >= 15 is 0 Å². The van der Waals surface area contributed by atoms with Gasteiger partial charge in [0.05, 0.1) is 5.56 Å². The Kier molecular flexibility index (Phi) is 5.79. The molecule has 0 aliphatic carbocycles. The highest BCUT2D eigenvalue weighted by Gasteiger charge is 1.94. The van der Waals surface area contributed by atoms with Crippen molar-refractivity contribution in [1.82, 2.24) is 0 Å². The van der Waals surface area contributed by atoms with Gasteiger partial charge in [-0.25, -0.2) is 4.39 Å². The lowest BCUT2D eigenvalue weighted by atomic mass is 10.2. The maximum absolute atomic E-state index is 13.2. The molecule has 0 saturated carbocycles. The summed E-state index contributed by atoms with van der Waals surface area (Å²) in [6, 6.07) is 28.0. The Labute approximate surface area is 124 Å². The van der Waals surface area contributed by atoms with Crippen molar-refractivity contribution in [3.05, 3.63) is 108 Å². The molecule has 21 heavy (non-hydrogen) atoms. The molecule has 1 heteroatoms. The van der Waals surface area contributed by atoms with Crippen molar-refractivity contribution in [3.63, 3.8) is 0 Å². The predicted octanol–water partition coefficient (Wildman–Crippen LogP) is 4.91. The third kappa shape index (κ3) is 5.34. The van der Waals surface area contributed by atoms with Crippen molar-refractivity contribution in [1.29, 1.82) is 0 Å². The lowest BCUT2D eigenvalue weighted by Crippen LogP contribution is -1.81. The van der Waals surface area contributed by atoms with Crippen LogP contribution in [-0.4, -0.2) is 0 Å². The van der Waals surface area contributed by atoms with Crippen LogP contribution >= 0.6 is 0 Å². The normalized spacial score (nSPS) is 8.81. The zero-order chi connectivity index (χ0) is 14.8. The van der Waals surface area contributed by atoms with Crippen molar-refractivity contribution < 1.29 is 4.39 Å². The van der Waals surface area contributed by atoms with Gasteiger partial charge < -0.3 is 0 Å². The highest BCUT2D eigenvalue weighted by atomic mass is 19.1. The van der Waals surface area contributed by atoms with Gasteiger partial charge in [0.1, 0.15) is 5.82 Å². The van der Waals surface area contributed by atoms with E-state index in [1.54, 1.807) is 18.2 Å². The topological polar surface area (TPSA) is 0 Å². The van der Waals surface area contributed by atoms with Crippen LogP contribution in [0.1, 0.15) is 11.1 Å². The van der Waals surface area contributed by atoms with Crippen molar-refractivity contribution in [2.45, 2.75) is 0 Å². The van der Waals surface area contributed by atoms with E-state index in [1.165, 1.54) is 6.07 Å². The maximum atomic E-state index is 13.2. The van der Waals surface area contributed by atoms with E-state index in [-0.39, 0.29) is 5.82 Å². The van der Waals surface area contributed by atoms with Gasteiger partial charge in [0.15, 0.2) is 0 Å². The fourth-order valence-electron chi connectivity index (χ4n) is 1.61. The first-order chi connectivity index (χ1) is 10.4. The van der Waals surface area contributed by atoms with Gasteiger partial charge in [0.25, 0.3) is 0 Å². The minimum atomic E-state index is -0.277. The van der Waals surface area contributed by atoms with Crippen molar-refractivity contribution >= 4 is 0 Å². The number of hydrogen-bond acceptors (Lipinski definition) is 0. The summed E-state index contributed by atoms with van der Waals surface area (Å²) in [6.45, 7) is 0. The second kappa shape index (κ2) is 8.35. The Morgan fingerprint density at radius 3 is 1.57 bits per heavy atom. The molecule has 3 aromatic carbocycles. The molecular formula is C20H15F. The van der Waals surface area contributed by atoms with Crippen LogP contribution in [0.25, 0.3) is 0 Å². The molecule has 3 aromatic rings. The molecule has 0 aromatic heterocycles. The third-order valence-corrected chi connectivity index (χ3v) is 2.66. The van der Waals surface area contributed by atoms with E-state index in [9.17, 15) is 4.39 Å². The van der Waals surface area contributed by atoms with Gasteiger partial charge in [-0.3, -0.25) is 0 Å². The molecule has 3 rings (SSSR count). The SMILES string of the molecule is Fc1ccccc1C#Cc1ccccc1.c1ccccc1. The standard InChI is InChI=1S/C14H9F.C6H6/c15-14-9-5-4-8-13(14)11-10-12-6-2-1-3-7-12;1-2-4-6-5-3-1/h1-9H;1-6H. The summed E-state index contributed by atoms with van der Waals surface area (Å²) in [5.41, 5.74) is 1.32. The van der Waals surface area contributed by atoms with E-state index in [4.69, 9.17) is 0 Å². The Bertz CT molecular complexity index is 680. The van der Waals surface area contributed by atoms with Crippen LogP contribution in [0.15, 0.2) is 91.0 Å². The summed E-state index contributed by atoms with van der Waals surface area (Å²) in [4.78, 5) is 0. The van der Waals surface area contributed by atoms with Crippen LogP contribution in [0.5, 0.6) is 0 Å². The molecule has 0 spiro atoms. The lowest BCUT2D eigenvalue weighted by Gasteiger charge is -1.91. The summed E-state index contributed by atoms with van der Waals surface area (Å²) >= 11 is 0. The molecule has 0 nitrogen and oxygen atoms in total. The third-order valence-electron chi connectivity index (χ3n) is 2.66. The number of benzene rings is 3. The minimum absolute atomic E-state index is 0.277. The molecular weight excluding hydrogens is 259 g/mol. The van der Waals surface area contributed by atoms with Crippen LogP contribution in [0.4, 0.5) is 4.39 Å². The number of halogens is 1. The van der Waals surface area contributed by atoms with Crippen LogP contribution < -0.4 is 0 Å². The van der Waals surface area contributed by atoms with Crippen molar-refractivity contribution in [2.24, 2.45) is 0 Å². The van der Waals surface area contributed by atoms with Gasteiger partial charge in [-0.15, -0.1) is 0 Å². The molecule has 0 bridgehead atoms. The molecule has 0 saturated heterocycles. The lowest BCUT2D eigenvalue weighted by molar-refractivity contribution is 0.624. The molecule has 0 heterocycles. The smallest absolute Gasteiger partial charge is 0.138 e. The first kappa shape index (κ1) is 14.6. The minimum Gasteiger partial charge on any atom is -0.206 e. The van der Waals surface area contributed by atoms with E-state index in [1.807, 2.05) is 66.7 Å². The predicted molar refractivity (Wildman–Crippen MR) is 85.3 cm³/mol. The molecule has 0 unspecified atom stereocenters. The van der Waals surface area contributed by atoms with Crippen molar-refractivity contribution in [3.8, 4) is 11.8 Å². The second-order valence-corrected chi connectivity index (χ2v) is 4.25. The van der Waals surface area contributed by atoms with Gasteiger partial charge in [-0.05, 0) is 24.3 Å².